The van der Waals surface area contributed by atoms with Crippen LogP contribution in [0.5, 0.6) is 0 Å². The maximum atomic E-state index is 9.23. The molecule has 1 N–H and O–H groups in total. The highest BCUT2D eigenvalue weighted by Crippen LogP contribution is 2.25. The molecule has 0 saturated heterocycles. The summed E-state index contributed by atoms with van der Waals surface area (Å²) < 4.78 is 0. The monoisotopic (exact) mass is 213 g/mol. The van der Waals surface area contributed by atoms with Gasteiger partial charge in [0.05, 0.1) is 6.61 Å². The Kier molecular flexibility index (Phi) is 3.02. The lowest BCUT2D eigenvalue weighted by atomic mass is 9.97. The molecule has 2 nitrogen and oxygen atoms in total. The highest BCUT2D eigenvalue weighted by Gasteiger charge is 2.05. The lowest BCUT2D eigenvalue weighted by Crippen LogP contribution is -1.92. The minimum Gasteiger partial charge on any atom is -0.392 e. The first-order chi connectivity index (χ1) is 7.72. The molecule has 0 aliphatic heterocycles. The summed E-state index contributed by atoms with van der Waals surface area (Å²) >= 11 is 0. The average Bonchev–Trinajstić information content (AvgIpc) is 2.29. The molecule has 0 fully saturated rings. The van der Waals surface area contributed by atoms with Crippen LogP contribution in [0.1, 0.15) is 16.7 Å². The van der Waals surface area contributed by atoms with Crippen molar-refractivity contribution in [2.75, 3.05) is 0 Å². The molecule has 0 aliphatic rings. The van der Waals surface area contributed by atoms with Gasteiger partial charge in [-0.15, -0.1) is 0 Å². The van der Waals surface area contributed by atoms with Crippen LogP contribution in [0.25, 0.3) is 11.1 Å². The van der Waals surface area contributed by atoms with Crippen LogP contribution < -0.4 is 0 Å². The van der Waals surface area contributed by atoms with E-state index in [2.05, 4.69) is 17.1 Å². The largest absolute Gasteiger partial charge is 0.392 e. The zero-order chi connectivity index (χ0) is 11.5. The van der Waals surface area contributed by atoms with Crippen LogP contribution in [0.15, 0.2) is 36.7 Å². The zero-order valence-corrected chi connectivity index (χ0v) is 9.57. The molecular weight excluding hydrogens is 198 g/mol. The smallest absolute Gasteiger partial charge is 0.0684 e. The van der Waals surface area contributed by atoms with E-state index in [9.17, 15) is 5.11 Å². The lowest BCUT2D eigenvalue weighted by molar-refractivity contribution is 0.281. The van der Waals surface area contributed by atoms with Crippen molar-refractivity contribution >= 4 is 0 Å². The molecule has 0 amide bonds. The number of benzene rings is 1. The number of hydrogen-bond acceptors (Lipinski definition) is 2. The van der Waals surface area contributed by atoms with Gasteiger partial charge in [-0.2, -0.15) is 0 Å². The van der Waals surface area contributed by atoms with Crippen LogP contribution in [0.2, 0.25) is 0 Å². The number of pyridine rings is 1. The second-order valence-corrected chi connectivity index (χ2v) is 4.00. The van der Waals surface area contributed by atoms with E-state index < -0.39 is 0 Å². The molecule has 2 aromatic rings. The summed E-state index contributed by atoms with van der Waals surface area (Å²) in [6, 6.07) is 8.08. The molecular formula is C14H15NO. The average molecular weight is 213 g/mol. The molecule has 0 atom stereocenters. The maximum Gasteiger partial charge on any atom is 0.0684 e. The van der Waals surface area contributed by atoms with Crippen LogP contribution >= 0.6 is 0 Å². The van der Waals surface area contributed by atoms with Gasteiger partial charge in [-0.05, 0) is 42.2 Å². The van der Waals surface area contributed by atoms with Gasteiger partial charge in [-0.3, -0.25) is 4.98 Å². The van der Waals surface area contributed by atoms with E-state index in [-0.39, 0.29) is 6.61 Å². The van der Waals surface area contributed by atoms with Crippen LogP contribution in [0, 0.1) is 13.8 Å². The predicted octanol–water partition coefficient (Wildman–Crippen LogP) is 2.86. The number of nitrogens with zero attached hydrogens (tertiary/aromatic N) is 1. The topological polar surface area (TPSA) is 33.1 Å². The fourth-order valence-corrected chi connectivity index (χ4v) is 1.87. The normalized spacial score (nSPS) is 10.4. The highest BCUT2D eigenvalue weighted by atomic mass is 16.3. The van der Waals surface area contributed by atoms with E-state index >= 15 is 0 Å². The van der Waals surface area contributed by atoms with E-state index in [0.717, 1.165) is 27.8 Å². The molecule has 1 aromatic heterocycles. The van der Waals surface area contributed by atoms with Crippen molar-refractivity contribution in [3.8, 4) is 11.1 Å². The van der Waals surface area contributed by atoms with Crippen molar-refractivity contribution in [3.05, 3.63) is 53.3 Å². The number of aryl methyl sites for hydroxylation is 1. The summed E-state index contributed by atoms with van der Waals surface area (Å²) in [7, 11) is 0. The van der Waals surface area contributed by atoms with Crippen molar-refractivity contribution in [1.29, 1.82) is 0 Å². The Morgan fingerprint density at radius 1 is 1.19 bits per heavy atom. The summed E-state index contributed by atoms with van der Waals surface area (Å²) in [6.45, 7) is 4.14. The lowest BCUT2D eigenvalue weighted by Gasteiger charge is -2.09. The molecule has 0 unspecified atom stereocenters. The van der Waals surface area contributed by atoms with E-state index in [1.807, 2.05) is 38.4 Å². The molecule has 2 heteroatoms. The molecule has 0 aliphatic carbocycles. The van der Waals surface area contributed by atoms with Gasteiger partial charge in [-0.1, -0.05) is 18.2 Å². The van der Waals surface area contributed by atoms with Crippen molar-refractivity contribution in [1.82, 2.24) is 4.98 Å². The Hall–Kier alpha value is -1.67. The Morgan fingerprint density at radius 3 is 2.69 bits per heavy atom. The summed E-state index contributed by atoms with van der Waals surface area (Å²) in [5.74, 6) is 0. The molecule has 1 aromatic carbocycles. The van der Waals surface area contributed by atoms with Crippen LogP contribution in [0.4, 0.5) is 0 Å². The SMILES string of the molecule is Cc1cncc(-c2cccc(CO)c2C)c1. The molecule has 0 spiro atoms. The number of aliphatic hydroxyl groups is 1. The number of aliphatic hydroxyl groups excluding tert-OH is 1. The Morgan fingerprint density at radius 2 is 2.00 bits per heavy atom. The van der Waals surface area contributed by atoms with Gasteiger partial charge < -0.3 is 5.11 Å². The van der Waals surface area contributed by atoms with Crippen molar-refractivity contribution in [2.24, 2.45) is 0 Å². The number of hydrogen-bond donors (Lipinski definition) is 1. The molecule has 0 saturated carbocycles. The van der Waals surface area contributed by atoms with E-state index in [1.165, 1.54) is 0 Å². The first-order valence-corrected chi connectivity index (χ1v) is 5.33. The fourth-order valence-electron chi connectivity index (χ4n) is 1.87. The van der Waals surface area contributed by atoms with E-state index in [1.54, 1.807) is 0 Å². The Bertz CT molecular complexity index is 506. The minimum absolute atomic E-state index is 0.0823. The third-order valence-electron chi connectivity index (χ3n) is 2.80. The minimum atomic E-state index is 0.0823. The third-order valence-corrected chi connectivity index (χ3v) is 2.80. The van der Waals surface area contributed by atoms with Gasteiger partial charge >= 0.3 is 0 Å². The van der Waals surface area contributed by atoms with Crippen molar-refractivity contribution in [2.45, 2.75) is 20.5 Å². The zero-order valence-electron chi connectivity index (χ0n) is 9.57. The number of rotatable bonds is 2. The second kappa shape index (κ2) is 4.45. The third kappa shape index (κ3) is 1.97. The first-order valence-electron chi connectivity index (χ1n) is 5.33. The molecule has 82 valence electrons. The van der Waals surface area contributed by atoms with Crippen LogP contribution in [-0.4, -0.2) is 10.1 Å². The van der Waals surface area contributed by atoms with Crippen LogP contribution in [-0.2, 0) is 6.61 Å². The quantitative estimate of drug-likeness (QED) is 0.832. The standard InChI is InChI=1S/C14H15NO/c1-10-6-13(8-15-7-10)14-5-3-4-12(9-16)11(14)2/h3-8,16H,9H2,1-2H3. The van der Waals surface area contributed by atoms with E-state index in [4.69, 9.17) is 0 Å². The van der Waals surface area contributed by atoms with Gasteiger partial charge in [0.25, 0.3) is 0 Å². The summed E-state index contributed by atoms with van der Waals surface area (Å²) in [6.07, 6.45) is 3.70. The molecule has 16 heavy (non-hydrogen) atoms. The van der Waals surface area contributed by atoms with Crippen molar-refractivity contribution in [3.63, 3.8) is 0 Å². The molecule has 0 bridgehead atoms. The van der Waals surface area contributed by atoms with Crippen LogP contribution in [0.3, 0.4) is 0 Å². The molecule has 0 radical (unpaired) electrons. The summed E-state index contributed by atoms with van der Waals surface area (Å²) in [4.78, 5) is 4.19. The van der Waals surface area contributed by atoms with E-state index in [0.29, 0.717) is 0 Å². The van der Waals surface area contributed by atoms with Gasteiger partial charge in [0, 0.05) is 18.0 Å². The van der Waals surface area contributed by atoms with Gasteiger partial charge in [-0.25, -0.2) is 0 Å². The maximum absolute atomic E-state index is 9.23. The molecule has 1 heterocycles. The highest BCUT2D eigenvalue weighted by molar-refractivity contribution is 5.68. The Labute approximate surface area is 95.6 Å². The first kappa shape index (κ1) is 10.8. The number of aromatic nitrogens is 1. The summed E-state index contributed by atoms with van der Waals surface area (Å²) in [5, 5.41) is 9.23. The fraction of sp³-hybridized carbons (Fsp3) is 0.214. The summed E-state index contributed by atoms with van der Waals surface area (Å²) in [5.41, 5.74) is 5.48. The predicted molar refractivity (Wildman–Crippen MR) is 65.1 cm³/mol. The Balaban J connectivity index is 2.56. The second-order valence-electron chi connectivity index (χ2n) is 4.00. The van der Waals surface area contributed by atoms with Gasteiger partial charge in [0.15, 0.2) is 0 Å². The van der Waals surface area contributed by atoms with Gasteiger partial charge in [0.2, 0.25) is 0 Å². The van der Waals surface area contributed by atoms with Gasteiger partial charge in [0.1, 0.15) is 0 Å². The molecule has 2 rings (SSSR count). The van der Waals surface area contributed by atoms with Crippen molar-refractivity contribution < 1.29 is 5.11 Å².